The molecule has 3 heteroatoms. The van der Waals surface area contributed by atoms with Crippen molar-refractivity contribution in [3.8, 4) is 17.3 Å². The van der Waals surface area contributed by atoms with Crippen molar-refractivity contribution in [3.63, 3.8) is 0 Å². The van der Waals surface area contributed by atoms with Gasteiger partial charge in [0.25, 0.3) is 0 Å². The Kier molecular flexibility index (Phi) is 3.92. The maximum Gasteiger partial charge on any atom is 0.0992 e. The van der Waals surface area contributed by atoms with Crippen molar-refractivity contribution < 1.29 is 0 Å². The van der Waals surface area contributed by atoms with E-state index < -0.39 is 0 Å². The predicted octanol–water partition coefficient (Wildman–Crippen LogP) is 5.83. The van der Waals surface area contributed by atoms with E-state index in [1.807, 2.05) is 17.8 Å². The van der Waals surface area contributed by atoms with Crippen LogP contribution in [0.25, 0.3) is 16.8 Å². The van der Waals surface area contributed by atoms with E-state index in [0.717, 1.165) is 11.3 Å². The summed E-state index contributed by atoms with van der Waals surface area (Å²) >= 11 is 1.92. The number of nitrogens with zero attached hydrogens (tertiary/aromatic N) is 2. The van der Waals surface area contributed by atoms with Crippen LogP contribution in [0.4, 0.5) is 0 Å². The van der Waals surface area contributed by atoms with Crippen molar-refractivity contribution in [2.45, 2.75) is 16.1 Å². The number of allylic oxidation sites excluding steroid dienone is 3. The van der Waals surface area contributed by atoms with Crippen molar-refractivity contribution in [1.29, 1.82) is 5.26 Å². The standard InChI is InChI=1S/C24H16N2S/c25-15-16-10-11-26-22(12-16)19-7-9-24-21(14-19)20-13-18(6-8-23(20)27-24)17-4-2-1-3-5-17/h1-14,20,23H. The molecule has 1 aliphatic carbocycles. The van der Waals surface area contributed by atoms with Gasteiger partial charge >= 0.3 is 0 Å². The van der Waals surface area contributed by atoms with E-state index in [0.29, 0.717) is 16.7 Å². The molecule has 5 rings (SSSR count). The first-order chi connectivity index (χ1) is 13.3. The molecule has 1 aromatic heterocycles. The highest BCUT2D eigenvalue weighted by atomic mass is 32.2. The highest BCUT2D eigenvalue weighted by molar-refractivity contribution is 8.00. The number of aromatic nitrogens is 1. The smallest absolute Gasteiger partial charge is 0.0992 e. The summed E-state index contributed by atoms with van der Waals surface area (Å²) in [6, 6.07) is 22.9. The summed E-state index contributed by atoms with van der Waals surface area (Å²) < 4.78 is 0. The van der Waals surface area contributed by atoms with E-state index in [4.69, 9.17) is 5.26 Å². The molecular formula is C24H16N2S. The van der Waals surface area contributed by atoms with Gasteiger partial charge in [0.15, 0.2) is 0 Å². The van der Waals surface area contributed by atoms with Crippen LogP contribution in [-0.4, -0.2) is 10.2 Å². The van der Waals surface area contributed by atoms with Crippen molar-refractivity contribution in [1.82, 2.24) is 4.98 Å². The molecule has 0 N–H and O–H groups in total. The van der Waals surface area contributed by atoms with Crippen molar-refractivity contribution >= 4 is 17.3 Å². The van der Waals surface area contributed by atoms with E-state index in [-0.39, 0.29) is 0 Å². The van der Waals surface area contributed by atoms with Crippen LogP contribution in [0.15, 0.2) is 90.0 Å². The normalized spacial score (nSPS) is 19.7. The average Bonchev–Trinajstić information content (AvgIpc) is 3.11. The number of hydrogen-bond acceptors (Lipinski definition) is 3. The Bertz CT molecular complexity index is 1120. The molecule has 0 bridgehead atoms. The fourth-order valence-corrected chi connectivity index (χ4v) is 5.04. The zero-order chi connectivity index (χ0) is 18.2. The van der Waals surface area contributed by atoms with Crippen LogP contribution >= 0.6 is 11.8 Å². The molecule has 0 amide bonds. The van der Waals surface area contributed by atoms with Crippen LogP contribution in [-0.2, 0) is 0 Å². The molecule has 2 atom stereocenters. The lowest BCUT2D eigenvalue weighted by atomic mass is 9.86. The number of fused-ring (bicyclic) bond motifs is 3. The van der Waals surface area contributed by atoms with E-state index >= 15 is 0 Å². The second kappa shape index (κ2) is 6.57. The topological polar surface area (TPSA) is 36.7 Å². The molecule has 2 aromatic carbocycles. The van der Waals surface area contributed by atoms with Crippen LogP contribution in [0, 0.1) is 11.3 Å². The van der Waals surface area contributed by atoms with Crippen LogP contribution < -0.4 is 0 Å². The Labute approximate surface area is 162 Å². The van der Waals surface area contributed by atoms with Gasteiger partial charge in [-0.2, -0.15) is 5.26 Å². The quantitative estimate of drug-likeness (QED) is 0.574. The predicted molar refractivity (Wildman–Crippen MR) is 110 cm³/mol. The Balaban J connectivity index is 1.55. The lowest BCUT2D eigenvalue weighted by Crippen LogP contribution is -2.09. The maximum absolute atomic E-state index is 9.16. The van der Waals surface area contributed by atoms with Crippen molar-refractivity contribution in [2.24, 2.45) is 0 Å². The van der Waals surface area contributed by atoms with E-state index in [1.54, 1.807) is 12.3 Å². The van der Waals surface area contributed by atoms with Gasteiger partial charge < -0.3 is 0 Å². The summed E-state index contributed by atoms with van der Waals surface area (Å²) in [5, 5.41) is 9.60. The third kappa shape index (κ3) is 2.89. The first-order valence-electron chi connectivity index (χ1n) is 8.94. The van der Waals surface area contributed by atoms with Crippen molar-refractivity contribution in [2.75, 3.05) is 0 Å². The molecule has 2 unspecified atom stereocenters. The monoisotopic (exact) mass is 364 g/mol. The molecule has 0 fully saturated rings. The summed E-state index contributed by atoms with van der Waals surface area (Å²) in [5.41, 5.74) is 6.44. The van der Waals surface area contributed by atoms with Crippen LogP contribution in [0.2, 0.25) is 0 Å². The fraction of sp³-hybridized carbons (Fsp3) is 0.0833. The highest BCUT2D eigenvalue weighted by Gasteiger charge is 2.32. The largest absolute Gasteiger partial charge is 0.256 e. The molecule has 0 spiro atoms. The molecule has 0 saturated carbocycles. The Morgan fingerprint density at radius 3 is 2.70 bits per heavy atom. The molecule has 0 saturated heterocycles. The minimum Gasteiger partial charge on any atom is -0.256 e. The third-order valence-electron chi connectivity index (χ3n) is 5.10. The number of benzene rings is 2. The second-order valence-corrected chi connectivity index (χ2v) is 7.97. The van der Waals surface area contributed by atoms with Gasteiger partial charge in [-0.3, -0.25) is 4.98 Å². The summed E-state index contributed by atoms with van der Waals surface area (Å²) in [6.45, 7) is 0. The van der Waals surface area contributed by atoms with Gasteiger partial charge in [0.2, 0.25) is 0 Å². The SMILES string of the molecule is N#Cc1ccnc(-c2ccc3c(c2)C2C=C(c4ccccc4)C=CC2S3)c1. The van der Waals surface area contributed by atoms with E-state index in [1.165, 1.54) is 21.6 Å². The van der Waals surface area contributed by atoms with Gasteiger partial charge in [0.05, 0.1) is 17.3 Å². The molecule has 2 heterocycles. The average molecular weight is 364 g/mol. The maximum atomic E-state index is 9.16. The summed E-state index contributed by atoms with van der Waals surface area (Å²) in [5.74, 6) is 0.365. The fourth-order valence-electron chi connectivity index (χ4n) is 3.74. The van der Waals surface area contributed by atoms with Gasteiger partial charge in [0.1, 0.15) is 0 Å². The zero-order valence-corrected chi connectivity index (χ0v) is 15.4. The van der Waals surface area contributed by atoms with Gasteiger partial charge in [-0.15, -0.1) is 11.8 Å². The lowest BCUT2D eigenvalue weighted by molar-refractivity contribution is 0.884. The first kappa shape index (κ1) is 16.1. The van der Waals surface area contributed by atoms with E-state index in [2.05, 4.69) is 77.8 Å². The van der Waals surface area contributed by atoms with Crippen LogP contribution in [0.5, 0.6) is 0 Å². The van der Waals surface area contributed by atoms with Gasteiger partial charge in [-0.25, -0.2) is 0 Å². The molecule has 2 aliphatic rings. The molecule has 1 aliphatic heterocycles. The molecule has 27 heavy (non-hydrogen) atoms. The Morgan fingerprint density at radius 1 is 0.963 bits per heavy atom. The lowest BCUT2D eigenvalue weighted by Gasteiger charge is -2.19. The molecule has 2 nitrogen and oxygen atoms in total. The number of hydrogen-bond donors (Lipinski definition) is 0. The number of pyridine rings is 1. The third-order valence-corrected chi connectivity index (χ3v) is 6.45. The Morgan fingerprint density at radius 2 is 1.85 bits per heavy atom. The van der Waals surface area contributed by atoms with Crippen molar-refractivity contribution in [3.05, 3.63) is 102 Å². The minimum atomic E-state index is 0.365. The summed E-state index contributed by atoms with van der Waals surface area (Å²) in [6.07, 6.45) is 8.66. The molecular weight excluding hydrogens is 348 g/mol. The minimum absolute atomic E-state index is 0.365. The molecule has 3 aromatic rings. The number of rotatable bonds is 2. The molecule has 0 radical (unpaired) electrons. The highest BCUT2D eigenvalue weighted by Crippen LogP contribution is 2.50. The van der Waals surface area contributed by atoms with Gasteiger partial charge in [0, 0.05) is 27.8 Å². The number of thioether (sulfide) groups is 1. The molecule has 128 valence electrons. The van der Waals surface area contributed by atoms with Crippen LogP contribution in [0.1, 0.15) is 22.6 Å². The van der Waals surface area contributed by atoms with Gasteiger partial charge in [-0.1, -0.05) is 54.6 Å². The van der Waals surface area contributed by atoms with E-state index in [9.17, 15) is 0 Å². The first-order valence-corrected chi connectivity index (χ1v) is 9.82. The number of nitriles is 1. The second-order valence-electron chi connectivity index (χ2n) is 6.75. The van der Waals surface area contributed by atoms with Gasteiger partial charge in [-0.05, 0) is 41.0 Å². The van der Waals surface area contributed by atoms with Crippen LogP contribution in [0.3, 0.4) is 0 Å². The zero-order valence-electron chi connectivity index (χ0n) is 14.5. The summed E-state index contributed by atoms with van der Waals surface area (Å²) in [4.78, 5) is 5.80. The summed E-state index contributed by atoms with van der Waals surface area (Å²) in [7, 11) is 0. The Hall–Kier alpha value is -3.09.